The first kappa shape index (κ1) is 17.6. The van der Waals surface area contributed by atoms with Gasteiger partial charge in [0.05, 0.1) is 10.9 Å². The van der Waals surface area contributed by atoms with E-state index in [-0.39, 0.29) is 11.9 Å². The van der Waals surface area contributed by atoms with Crippen molar-refractivity contribution in [1.82, 2.24) is 20.1 Å². The van der Waals surface area contributed by atoms with E-state index in [9.17, 15) is 4.79 Å². The summed E-state index contributed by atoms with van der Waals surface area (Å²) in [4.78, 5) is 13.3. The van der Waals surface area contributed by atoms with Gasteiger partial charge in [-0.25, -0.2) is 0 Å². The Hall–Kier alpha value is -2.25. The maximum Gasteiger partial charge on any atom is 0.222 e. The molecule has 0 bridgehead atoms. The van der Waals surface area contributed by atoms with Crippen molar-refractivity contribution < 1.29 is 4.79 Å². The zero-order valence-electron chi connectivity index (χ0n) is 14.2. The lowest BCUT2D eigenvalue weighted by Gasteiger charge is -2.15. The predicted octanol–water partition coefficient (Wildman–Crippen LogP) is 4.25. The predicted molar refractivity (Wildman–Crippen MR) is 103 cm³/mol. The van der Waals surface area contributed by atoms with Crippen LogP contribution in [0.5, 0.6) is 0 Å². The van der Waals surface area contributed by atoms with Gasteiger partial charge >= 0.3 is 0 Å². The van der Waals surface area contributed by atoms with Gasteiger partial charge in [-0.15, -0.1) is 11.3 Å². The van der Waals surface area contributed by atoms with Gasteiger partial charge in [0.2, 0.25) is 5.91 Å². The van der Waals surface area contributed by atoms with Gasteiger partial charge in [0.15, 0.2) is 10.6 Å². The summed E-state index contributed by atoms with van der Waals surface area (Å²) in [5.41, 5.74) is 2.30. The summed E-state index contributed by atoms with van der Waals surface area (Å²) in [7, 11) is 0. The average molecular weight is 373 g/mol. The molecule has 0 saturated heterocycles. The molecule has 0 aliphatic heterocycles. The molecule has 5 nitrogen and oxygen atoms in total. The normalized spacial score (nSPS) is 12.1. The van der Waals surface area contributed by atoms with Gasteiger partial charge < -0.3 is 5.32 Å². The zero-order valence-corrected chi connectivity index (χ0v) is 15.8. The van der Waals surface area contributed by atoms with Crippen LogP contribution in [-0.4, -0.2) is 20.7 Å². The van der Waals surface area contributed by atoms with Gasteiger partial charge in [-0.2, -0.15) is 5.10 Å². The highest BCUT2D eigenvalue weighted by atomic mass is 32.1. The summed E-state index contributed by atoms with van der Waals surface area (Å²) < 4.78 is 2.40. The van der Waals surface area contributed by atoms with Gasteiger partial charge in [-0.05, 0) is 43.1 Å². The average Bonchev–Trinajstić information content (AvgIpc) is 3.23. The number of hydrogen-bond acceptors (Lipinski definition) is 4. The smallest absolute Gasteiger partial charge is 0.222 e. The van der Waals surface area contributed by atoms with Crippen molar-refractivity contribution in [3.8, 4) is 10.7 Å². The summed E-state index contributed by atoms with van der Waals surface area (Å²) in [6, 6.07) is 12.1. The first-order valence-electron chi connectivity index (χ1n) is 8.09. The van der Waals surface area contributed by atoms with Crippen LogP contribution in [0.3, 0.4) is 0 Å². The monoisotopic (exact) mass is 372 g/mol. The molecule has 2 aromatic heterocycles. The molecule has 25 heavy (non-hydrogen) atoms. The van der Waals surface area contributed by atoms with Gasteiger partial charge in [-0.1, -0.05) is 35.9 Å². The van der Waals surface area contributed by atoms with Crippen LogP contribution in [0.2, 0.25) is 0 Å². The molecule has 7 heteroatoms. The third-order valence-electron chi connectivity index (χ3n) is 4.02. The largest absolute Gasteiger partial charge is 0.350 e. The number of carbonyl (C=O) groups is 1. The number of nitrogens with one attached hydrogen (secondary N) is 2. The van der Waals surface area contributed by atoms with Crippen molar-refractivity contribution in [2.45, 2.75) is 32.9 Å². The van der Waals surface area contributed by atoms with Gasteiger partial charge in [0.1, 0.15) is 0 Å². The van der Waals surface area contributed by atoms with Crippen LogP contribution in [0, 0.1) is 11.7 Å². The Morgan fingerprint density at radius 2 is 2.12 bits per heavy atom. The summed E-state index contributed by atoms with van der Waals surface area (Å²) in [6.45, 7) is 4.53. The first-order chi connectivity index (χ1) is 12.0. The van der Waals surface area contributed by atoms with Crippen LogP contribution in [0.15, 0.2) is 41.8 Å². The summed E-state index contributed by atoms with van der Waals surface area (Å²) in [5.74, 6) is 0.771. The highest BCUT2D eigenvalue weighted by Crippen LogP contribution is 2.23. The molecule has 3 rings (SSSR count). The van der Waals surface area contributed by atoms with E-state index in [0.29, 0.717) is 17.7 Å². The second-order valence-corrected chi connectivity index (χ2v) is 7.27. The molecule has 1 atom stereocenters. The van der Waals surface area contributed by atoms with E-state index in [1.165, 1.54) is 5.56 Å². The maximum atomic E-state index is 12.3. The van der Waals surface area contributed by atoms with E-state index < -0.39 is 0 Å². The van der Waals surface area contributed by atoms with E-state index in [4.69, 9.17) is 12.2 Å². The number of H-pyrrole nitrogens is 1. The van der Waals surface area contributed by atoms with Crippen LogP contribution in [0.25, 0.3) is 10.7 Å². The van der Waals surface area contributed by atoms with E-state index >= 15 is 0 Å². The number of rotatable bonds is 6. The van der Waals surface area contributed by atoms with Gasteiger partial charge in [0.25, 0.3) is 0 Å². The number of aryl methyl sites for hydroxylation is 1. The first-order valence-corrected chi connectivity index (χ1v) is 9.38. The lowest BCUT2D eigenvalue weighted by molar-refractivity contribution is -0.121. The number of thiophene rings is 1. The fourth-order valence-corrected chi connectivity index (χ4v) is 3.53. The third-order valence-corrected chi connectivity index (χ3v) is 5.19. The van der Waals surface area contributed by atoms with Crippen molar-refractivity contribution in [2.24, 2.45) is 0 Å². The lowest BCUT2D eigenvalue weighted by atomic mass is 10.1. The van der Waals surface area contributed by atoms with E-state index in [2.05, 4.69) is 27.6 Å². The molecule has 1 amide bonds. The molecule has 1 aromatic carbocycles. The second-order valence-electron chi connectivity index (χ2n) is 5.93. The molecule has 0 aliphatic carbocycles. The molecule has 0 aliphatic rings. The van der Waals surface area contributed by atoms with Crippen molar-refractivity contribution in [1.29, 1.82) is 0 Å². The van der Waals surface area contributed by atoms with Gasteiger partial charge in [-0.3, -0.25) is 14.5 Å². The number of benzene rings is 1. The standard InChI is InChI=1S/C18H20N4OS2/c1-12-5-7-14(8-6-12)13(2)19-16(23)9-10-22-17(20-21-18(22)24)15-4-3-11-25-15/h3-8,11,13H,9-10H2,1-2H3,(H,19,23)(H,21,24). The Balaban J connectivity index is 1.62. The van der Waals surface area contributed by atoms with Crippen molar-refractivity contribution >= 4 is 29.5 Å². The van der Waals surface area contributed by atoms with Crippen LogP contribution in [-0.2, 0) is 11.3 Å². The Morgan fingerprint density at radius 3 is 2.80 bits per heavy atom. The minimum Gasteiger partial charge on any atom is -0.350 e. The highest BCUT2D eigenvalue weighted by molar-refractivity contribution is 7.71. The lowest BCUT2D eigenvalue weighted by Crippen LogP contribution is -2.27. The van der Waals surface area contributed by atoms with Gasteiger partial charge in [0, 0.05) is 13.0 Å². The van der Waals surface area contributed by atoms with Crippen LogP contribution >= 0.6 is 23.6 Å². The third kappa shape index (κ3) is 4.24. The quantitative estimate of drug-likeness (QED) is 0.636. The fourth-order valence-electron chi connectivity index (χ4n) is 2.58. The van der Waals surface area contributed by atoms with Crippen molar-refractivity contribution in [3.05, 3.63) is 57.7 Å². The maximum absolute atomic E-state index is 12.3. The van der Waals surface area contributed by atoms with Crippen LogP contribution in [0.1, 0.15) is 30.5 Å². The summed E-state index contributed by atoms with van der Waals surface area (Å²) in [5, 5.41) is 12.1. The SMILES string of the molecule is Cc1ccc(C(C)NC(=O)CCn2c(-c3cccs3)n[nH]c2=S)cc1. The minimum absolute atomic E-state index is 0.00620. The van der Waals surface area contributed by atoms with E-state index in [1.807, 2.05) is 48.1 Å². The molecule has 1 unspecified atom stereocenters. The number of aromatic nitrogens is 3. The molecule has 0 saturated carbocycles. The zero-order chi connectivity index (χ0) is 17.8. The Labute approximate surface area is 155 Å². The van der Waals surface area contributed by atoms with E-state index in [1.54, 1.807) is 11.3 Å². The van der Waals surface area contributed by atoms with Crippen LogP contribution < -0.4 is 5.32 Å². The topological polar surface area (TPSA) is 62.7 Å². The fraction of sp³-hybridized carbons (Fsp3) is 0.278. The number of hydrogen-bond donors (Lipinski definition) is 2. The highest BCUT2D eigenvalue weighted by Gasteiger charge is 2.13. The molecule has 0 spiro atoms. The number of aromatic amines is 1. The number of nitrogens with zero attached hydrogens (tertiary/aromatic N) is 2. The second kappa shape index (κ2) is 7.76. The Bertz CT molecular complexity index is 894. The molecule has 2 heterocycles. The Morgan fingerprint density at radius 1 is 1.36 bits per heavy atom. The van der Waals surface area contributed by atoms with Crippen molar-refractivity contribution in [3.63, 3.8) is 0 Å². The van der Waals surface area contributed by atoms with Crippen LogP contribution in [0.4, 0.5) is 0 Å². The van der Waals surface area contributed by atoms with E-state index in [0.717, 1.165) is 16.3 Å². The molecule has 130 valence electrons. The molecule has 3 aromatic rings. The molecular weight excluding hydrogens is 352 g/mol. The van der Waals surface area contributed by atoms with Crippen molar-refractivity contribution in [2.75, 3.05) is 0 Å². The number of carbonyl (C=O) groups excluding carboxylic acids is 1. The number of amides is 1. The minimum atomic E-state index is -0.0258. The molecular formula is C18H20N4OS2. The Kier molecular flexibility index (Phi) is 5.45. The molecule has 0 fully saturated rings. The molecule has 2 N–H and O–H groups in total. The molecule has 0 radical (unpaired) electrons. The summed E-state index contributed by atoms with van der Waals surface area (Å²) >= 11 is 6.89. The summed E-state index contributed by atoms with van der Waals surface area (Å²) in [6.07, 6.45) is 0.350.